The van der Waals surface area contributed by atoms with E-state index in [0.29, 0.717) is 18.8 Å². The Morgan fingerprint density at radius 2 is 1.96 bits per heavy atom. The second-order valence-corrected chi connectivity index (χ2v) is 6.40. The first-order valence-corrected chi connectivity index (χ1v) is 8.45. The molecular weight excluding hydrogens is 312 g/mol. The number of rotatable bonds is 6. The predicted octanol–water partition coefficient (Wildman–Crippen LogP) is 4.24. The molecule has 0 bridgehead atoms. The van der Waals surface area contributed by atoms with Crippen LogP contribution >= 0.6 is 0 Å². The molecule has 0 aliphatic rings. The molecule has 0 amide bonds. The number of nitrogens with one attached hydrogen (secondary N) is 1. The third kappa shape index (κ3) is 4.32. The average molecular weight is 334 g/mol. The largest absolute Gasteiger partial charge is 0.366 e. The molecule has 128 valence electrons. The Kier molecular flexibility index (Phi) is 5.23. The van der Waals surface area contributed by atoms with Crippen molar-refractivity contribution in [3.63, 3.8) is 0 Å². The van der Waals surface area contributed by atoms with Crippen LogP contribution in [0.25, 0.3) is 11.3 Å². The van der Waals surface area contributed by atoms with E-state index in [9.17, 15) is 4.79 Å². The fourth-order valence-corrected chi connectivity index (χ4v) is 2.58. The van der Waals surface area contributed by atoms with Crippen LogP contribution in [-0.2, 0) is 6.54 Å². The summed E-state index contributed by atoms with van der Waals surface area (Å²) in [7, 11) is 0. The molecule has 2 heterocycles. The molecule has 0 aliphatic carbocycles. The lowest BCUT2D eigenvalue weighted by molar-refractivity contribution is 0.0873. The smallest absolute Gasteiger partial charge is 0.249 e. The van der Waals surface area contributed by atoms with Crippen molar-refractivity contribution in [2.24, 2.45) is 5.92 Å². The van der Waals surface area contributed by atoms with E-state index in [-0.39, 0.29) is 11.8 Å². The quantitative estimate of drug-likeness (QED) is 0.732. The van der Waals surface area contributed by atoms with E-state index in [1.165, 1.54) is 4.68 Å². The summed E-state index contributed by atoms with van der Waals surface area (Å²) in [5, 5.41) is 7.84. The van der Waals surface area contributed by atoms with Crippen LogP contribution in [0, 0.1) is 5.92 Å². The molecule has 0 unspecified atom stereocenters. The molecule has 1 N–H and O–H groups in total. The van der Waals surface area contributed by atoms with Crippen molar-refractivity contribution in [3.8, 4) is 11.3 Å². The van der Waals surface area contributed by atoms with Gasteiger partial charge in [0.05, 0.1) is 5.69 Å². The highest BCUT2D eigenvalue weighted by Gasteiger charge is 2.16. The molecule has 5 nitrogen and oxygen atoms in total. The summed E-state index contributed by atoms with van der Waals surface area (Å²) in [6, 6.07) is 15.8. The molecule has 0 atom stereocenters. The molecule has 0 saturated carbocycles. The van der Waals surface area contributed by atoms with E-state index in [4.69, 9.17) is 0 Å². The monoisotopic (exact) mass is 334 g/mol. The SMILES string of the molecule is CC(C)CC(=O)n1nc(-c2cccnc2)cc1NCc1ccccc1. The second-order valence-electron chi connectivity index (χ2n) is 6.40. The van der Waals surface area contributed by atoms with Crippen molar-refractivity contribution in [2.75, 3.05) is 5.32 Å². The number of carbonyl (C=O) groups excluding carboxylic acids is 1. The van der Waals surface area contributed by atoms with Gasteiger partial charge in [-0.1, -0.05) is 44.2 Å². The first kappa shape index (κ1) is 16.9. The molecule has 0 saturated heterocycles. The maximum Gasteiger partial charge on any atom is 0.249 e. The lowest BCUT2D eigenvalue weighted by Gasteiger charge is -2.10. The summed E-state index contributed by atoms with van der Waals surface area (Å²) in [5.41, 5.74) is 2.77. The van der Waals surface area contributed by atoms with E-state index < -0.39 is 0 Å². The summed E-state index contributed by atoms with van der Waals surface area (Å²) < 4.78 is 1.48. The number of benzene rings is 1. The molecule has 0 spiro atoms. The van der Waals surface area contributed by atoms with Gasteiger partial charge in [-0.05, 0) is 23.6 Å². The summed E-state index contributed by atoms with van der Waals surface area (Å²) in [6.07, 6.45) is 3.92. The second kappa shape index (κ2) is 7.75. The molecular formula is C20H22N4O. The molecule has 0 aliphatic heterocycles. The van der Waals surface area contributed by atoms with Gasteiger partial charge in [-0.2, -0.15) is 9.78 Å². The Balaban J connectivity index is 1.88. The number of aromatic nitrogens is 3. The Morgan fingerprint density at radius 1 is 1.16 bits per heavy atom. The van der Waals surface area contributed by atoms with Gasteiger partial charge in [0.25, 0.3) is 0 Å². The number of pyridine rings is 1. The van der Waals surface area contributed by atoms with Crippen LogP contribution in [0.3, 0.4) is 0 Å². The van der Waals surface area contributed by atoms with Crippen LogP contribution < -0.4 is 5.32 Å². The molecule has 3 aromatic rings. The van der Waals surface area contributed by atoms with Gasteiger partial charge < -0.3 is 5.32 Å². The minimum Gasteiger partial charge on any atom is -0.366 e. The third-order valence-electron chi connectivity index (χ3n) is 3.80. The fourth-order valence-electron chi connectivity index (χ4n) is 2.58. The summed E-state index contributed by atoms with van der Waals surface area (Å²) >= 11 is 0. The highest BCUT2D eigenvalue weighted by molar-refractivity contribution is 5.83. The van der Waals surface area contributed by atoms with Crippen LogP contribution in [0.2, 0.25) is 0 Å². The lowest BCUT2D eigenvalue weighted by atomic mass is 10.1. The average Bonchev–Trinajstić information content (AvgIpc) is 3.05. The van der Waals surface area contributed by atoms with Gasteiger partial charge in [-0.3, -0.25) is 9.78 Å². The molecule has 3 rings (SSSR count). The Hall–Kier alpha value is -2.95. The normalized spacial score (nSPS) is 10.8. The van der Waals surface area contributed by atoms with Gasteiger partial charge in [0.2, 0.25) is 5.91 Å². The van der Waals surface area contributed by atoms with Crippen LogP contribution in [0.15, 0.2) is 60.9 Å². The van der Waals surface area contributed by atoms with E-state index in [1.54, 1.807) is 12.4 Å². The highest BCUT2D eigenvalue weighted by Crippen LogP contribution is 2.22. The number of carbonyl (C=O) groups is 1. The van der Waals surface area contributed by atoms with Crippen molar-refractivity contribution in [1.29, 1.82) is 0 Å². The molecule has 0 radical (unpaired) electrons. The lowest BCUT2D eigenvalue weighted by Crippen LogP contribution is -2.17. The minimum atomic E-state index is -0.0132. The van der Waals surface area contributed by atoms with Crippen molar-refractivity contribution in [2.45, 2.75) is 26.8 Å². The van der Waals surface area contributed by atoms with E-state index in [0.717, 1.165) is 16.8 Å². The topological polar surface area (TPSA) is 59.8 Å². The maximum absolute atomic E-state index is 12.6. The minimum absolute atomic E-state index is 0.0132. The zero-order valence-electron chi connectivity index (χ0n) is 14.5. The summed E-state index contributed by atoms with van der Waals surface area (Å²) in [5.74, 6) is 0.967. The molecule has 5 heteroatoms. The number of anilines is 1. The van der Waals surface area contributed by atoms with Crippen LogP contribution in [0.4, 0.5) is 5.82 Å². The van der Waals surface area contributed by atoms with Gasteiger partial charge in [0.15, 0.2) is 0 Å². The number of hydrogen-bond donors (Lipinski definition) is 1. The van der Waals surface area contributed by atoms with Gasteiger partial charge in [-0.15, -0.1) is 0 Å². The first-order valence-electron chi connectivity index (χ1n) is 8.45. The Labute approximate surface area is 147 Å². The third-order valence-corrected chi connectivity index (χ3v) is 3.80. The van der Waals surface area contributed by atoms with Gasteiger partial charge in [-0.25, -0.2) is 0 Å². The van der Waals surface area contributed by atoms with Crippen molar-refractivity contribution < 1.29 is 4.79 Å². The molecule has 1 aromatic carbocycles. The molecule has 25 heavy (non-hydrogen) atoms. The van der Waals surface area contributed by atoms with E-state index >= 15 is 0 Å². The van der Waals surface area contributed by atoms with Crippen molar-refractivity contribution in [3.05, 3.63) is 66.5 Å². The molecule has 2 aromatic heterocycles. The zero-order valence-corrected chi connectivity index (χ0v) is 14.5. The van der Waals surface area contributed by atoms with E-state index in [2.05, 4.69) is 15.4 Å². The standard InChI is InChI=1S/C20H22N4O/c1-15(2)11-20(25)24-19(22-13-16-7-4-3-5-8-16)12-18(23-24)17-9-6-10-21-14-17/h3-10,12,14-15,22H,11,13H2,1-2H3. The Morgan fingerprint density at radius 3 is 2.64 bits per heavy atom. The Bertz CT molecular complexity index is 825. The zero-order chi connectivity index (χ0) is 17.6. The number of nitrogens with zero attached hydrogens (tertiary/aromatic N) is 3. The van der Waals surface area contributed by atoms with Crippen LogP contribution in [0.1, 0.15) is 30.6 Å². The highest BCUT2D eigenvalue weighted by atomic mass is 16.2. The van der Waals surface area contributed by atoms with E-state index in [1.807, 2.05) is 62.4 Å². The van der Waals surface area contributed by atoms with Crippen molar-refractivity contribution in [1.82, 2.24) is 14.8 Å². The molecule has 0 fully saturated rings. The van der Waals surface area contributed by atoms with Gasteiger partial charge in [0.1, 0.15) is 5.82 Å². The van der Waals surface area contributed by atoms with Gasteiger partial charge in [0, 0.05) is 37.0 Å². The van der Waals surface area contributed by atoms with Crippen molar-refractivity contribution >= 4 is 11.7 Å². The van der Waals surface area contributed by atoms with Gasteiger partial charge >= 0.3 is 0 Å². The number of hydrogen-bond acceptors (Lipinski definition) is 4. The predicted molar refractivity (Wildman–Crippen MR) is 99.3 cm³/mol. The summed E-state index contributed by atoms with van der Waals surface area (Å²) in [6.45, 7) is 4.69. The van der Waals surface area contributed by atoms with Crippen LogP contribution in [0.5, 0.6) is 0 Å². The van der Waals surface area contributed by atoms with Crippen LogP contribution in [-0.4, -0.2) is 20.7 Å². The first-order chi connectivity index (χ1) is 12.1. The maximum atomic E-state index is 12.6. The summed E-state index contributed by atoms with van der Waals surface area (Å²) in [4.78, 5) is 16.7. The fraction of sp³-hybridized carbons (Fsp3) is 0.250.